The largest absolute Gasteiger partial charge is 0.508 e. The molecule has 7 heteroatoms. The number of carboxylic acid groups (broad SMARTS) is 1. The minimum absolute atomic E-state index is 0.0899. The number of rotatable bonds is 9. The average molecular weight is 296 g/mol. The van der Waals surface area contributed by atoms with E-state index in [2.05, 4.69) is 10.6 Å². The molecule has 116 valence electrons. The molecule has 0 amide bonds. The molecule has 1 rings (SSSR count). The Morgan fingerprint density at radius 2 is 1.95 bits per heavy atom. The normalized spacial score (nSPS) is 15.1. The predicted octanol–water partition coefficient (Wildman–Crippen LogP) is -0.00700. The van der Waals surface area contributed by atoms with Crippen LogP contribution in [-0.2, 0) is 9.59 Å². The number of carbonyl (C=O) groups is 2. The van der Waals surface area contributed by atoms with Gasteiger partial charge in [-0.1, -0.05) is 12.1 Å². The Bertz CT molecular complexity index is 463. The molecule has 7 nitrogen and oxygen atoms in total. The van der Waals surface area contributed by atoms with Crippen LogP contribution in [0.4, 0.5) is 0 Å². The number of carboxylic acids is 1. The molecule has 0 aliphatic heterocycles. The van der Waals surface area contributed by atoms with Crippen LogP contribution in [-0.4, -0.2) is 46.8 Å². The van der Waals surface area contributed by atoms with Crippen molar-refractivity contribution in [3.63, 3.8) is 0 Å². The second-order valence-electron chi connectivity index (χ2n) is 4.64. The maximum Gasteiger partial charge on any atom is 0.303 e. The van der Waals surface area contributed by atoms with Gasteiger partial charge in [0.25, 0.3) is 0 Å². The molecule has 1 aromatic carbocycles. The Balaban J connectivity index is 2.69. The van der Waals surface area contributed by atoms with Crippen LogP contribution in [0.1, 0.15) is 24.5 Å². The van der Waals surface area contributed by atoms with Crippen LogP contribution < -0.4 is 10.6 Å². The fraction of sp³-hybridized carbons (Fsp3) is 0.429. The first-order valence-electron chi connectivity index (χ1n) is 6.55. The Labute approximate surface area is 122 Å². The van der Waals surface area contributed by atoms with Crippen molar-refractivity contribution in [2.45, 2.75) is 31.2 Å². The van der Waals surface area contributed by atoms with Crippen molar-refractivity contribution < 1.29 is 24.9 Å². The molecule has 3 unspecified atom stereocenters. The molecule has 0 bridgehead atoms. The number of hydrogen-bond donors (Lipinski definition) is 5. The van der Waals surface area contributed by atoms with E-state index in [0.717, 1.165) is 0 Å². The molecule has 3 atom stereocenters. The van der Waals surface area contributed by atoms with Gasteiger partial charge in [0, 0.05) is 6.42 Å². The van der Waals surface area contributed by atoms with Crippen molar-refractivity contribution in [3.05, 3.63) is 29.8 Å². The van der Waals surface area contributed by atoms with Crippen molar-refractivity contribution in [1.82, 2.24) is 10.6 Å². The number of hydrogen-bond acceptors (Lipinski definition) is 6. The molecule has 0 radical (unpaired) electrons. The highest BCUT2D eigenvalue weighted by Gasteiger charge is 2.22. The second kappa shape index (κ2) is 8.35. The van der Waals surface area contributed by atoms with Crippen LogP contribution in [0.5, 0.6) is 5.75 Å². The summed E-state index contributed by atoms with van der Waals surface area (Å²) in [5.74, 6) is -0.893. The number of aldehydes is 1. The summed E-state index contributed by atoms with van der Waals surface area (Å²) in [5, 5.41) is 33.8. The quantitative estimate of drug-likeness (QED) is 0.321. The van der Waals surface area contributed by atoms with Crippen molar-refractivity contribution in [3.8, 4) is 5.75 Å². The molecule has 0 aliphatic carbocycles. The van der Waals surface area contributed by atoms with Crippen LogP contribution in [0.15, 0.2) is 24.3 Å². The molecule has 0 fully saturated rings. The standard InChI is InChI=1S/C14H20N2O5/c1-15-14(16-10(8-17)4-7-12(19)20)13(21)9-2-5-11(18)6-3-9/h2-3,5-6,8,10,13-16,18,21H,4,7H2,1H3,(H,19,20). The number of aliphatic hydroxyl groups excluding tert-OH is 1. The molecule has 1 aromatic rings. The van der Waals surface area contributed by atoms with Gasteiger partial charge >= 0.3 is 5.97 Å². The van der Waals surface area contributed by atoms with Crippen molar-refractivity contribution in [1.29, 1.82) is 0 Å². The van der Waals surface area contributed by atoms with E-state index in [1.807, 2.05) is 0 Å². The van der Waals surface area contributed by atoms with E-state index in [-0.39, 0.29) is 18.6 Å². The first kappa shape index (κ1) is 17.1. The summed E-state index contributed by atoms with van der Waals surface area (Å²) in [5.41, 5.74) is 0.558. The lowest BCUT2D eigenvalue weighted by Crippen LogP contribution is -2.50. The summed E-state index contributed by atoms with van der Waals surface area (Å²) in [7, 11) is 1.61. The summed E-state index contributed by atoms with van der Waals surface area (Å²) in [6.07, 6.45) is -0.959. The summed E-state index contributed by atoms with van der Waals surface area (Å²) in [6.45, 7) is 0. The highest BCUT2D eigenvalue weighted by molar-refractivity contribution is 5.68. The number of aliphatic carboxylic acids is 1. The van der Waals surface area contributed by atoms with E-state index in [0.29, 0.717) is 11.8 Å². The van der Waals surface area contributed by atoms with Crippen LogP contribution in [0, 0.1) is 0 Å². The van der Waals surface area contributed by atoms with Crippen LogP contribution in [0.25, 0.3) is 0 Å². The Hall–Kier alpha value is -1.96. The van der Waals surface area contributed by atoms with E-state index in [1.165, 1.54) is 12.1 Å². The van der Waals surface area contributed by atoms with Crippen LogP contribution >= 0.6 is 0 Å². The molecule has 0 saturated heterocycles. The number of aromatic hydroxyl groups is 1. The SMILES string of the molecule is CNC(NC(C=O)CCC(=O)O)C(O)c1ccc(O)cc1. The first-order chi connectivity index (χ1) is 9.97. The van der Waals surface area contributed by atoms with Gasteiger partial charge in [-0.3, -0.25) is 10.1 Å². The van der Waals surface area contributed by atoms with E-state index in [9.17, 15) is 19.8 Å². The van der Waals surface area contributed by atoms with E-state index in [1.54, 1.807) is 19.2 Å². The fourth-order valence-corrected chi connectivity index (χ4v) is 1.90. The molecule has 0 aromatic heterocycles. The third-order valence-electron chi connectivity index (χ3n) is 3.09. The molecule has 21 heavy (non-hydrogen) atoms. The minimum atomic E-state index is -0.983. The lowest BCUT2D eigenvalue weighted by Gasteiger charge is -2.26. The second-order valence-corrected chi connectivity index (χ2v) is 4.64. The van der Waals surface area contributed by atoms with Gasteiger partial charge in [-0.05, 0) is 31.2 Å². The van der Waals surface area contributed by atoms with E-state index >= 15 is 0 Å². The monoisotopic (exact) mass is 296 g/mol. The Morgan fingerprint density at radius 1 is 1.33 bits per heavy atom. The molecule has 0 saturated carbocycles. The van der Waals surface area contributed by atoms with Crippen molar-refractivity contribution in [2.24, 2.45) is 0 Å². The van der Waals surface area contributed by atoms with Gasteiger partial charge in [0.2, 0.25) is 0 Å². The maximum atomic E-state index is 11.0. The predicted molar refractivity (Wildman–Crippen MR) is 75.8 cm³/mol. The third kappa shape index (κ3) is 5.50. The van der Waals surface area contributed by atoms with Gasteiger partial charge in [-0.25, -0.2) is 0 Å². The summed E-state index contributed by atoms with van der Waals surface area (Å²) in [4.78, 5) is 21.5. The Morgan fingerprint density at radius 3 is 2.43 bits per heavy atom. The number of benzene rings is 1. The number of aliphatic hydroxyl groups is 1. The van der Waals surface area contributed by atoms with E-state index < -0.39 is 24.3 Å². The smallest absolute Gasteiger partial charge is 0.303 e. The summed E-state index contributed by atoms with van der Waals surface area (Å²) >= 11 is 0. The van der Waals surface area contributed by atoms with Gasteiger partial charge in [0.05, 0.1) is 12.2 Å². The summed E-state index contributed by atoms with van der Waals surface area (Å²) in [6, 6.07) is 5.36. The minimum Gasteiger partial charge on any atom is -0.508 e. The number of nitrogens with one attached hydrogen (secondary N) is 2. The molecular formula is C14H20N2O5. The van der Waals surface area contributed by atoms with E-state index in [4.69, 9.17) is 5.11 Å². The van der Waals surface area contributed by atoms with Crippen molar-refractivity contribution in [2.75, 3.05) is 7.05 Å². The van der Waals surface area contributed by atoms with Gasteiger partial charge in [0.15, 0.2) is 0 Å². The van der Waals surface area contributed by atoms with Gasteiger partial charge in [-0.2, -0.15) is 0 Å². The average Bonchev–Trinajstić information content (AvgIpc) is 2.47. The number of likely N-dealkylation sites (N-methyl/N-ethyl adjacent to an activating group) is 1. The third-order valence-corrected chi connectivity index (χ3v) is 3.09. The fourth-order valence-electron chi connectivity index (χ4n) is 1.90. The number of phenolic OH excluding ortho intramolecular Hbond substituents is 1. The summed E-state index contributed by atoms with van der Waals surface area (Å²) < 4.78 is 0. The molecular weight excluding hydrogens is 276 g/mol. The zero-order valence-electron chi connectivity index (χ0n) is 11.7. The number of carbonyl (C=O) groups excluding carboxylic acids is 1. The van der Waals surface area contributed by atoms with Crippen LogP contribution in [0.3, 0.4) is 0 Å². The zero-order chi connectivity index (χ0) is 15.8. The molecule has 5 N–H and O–H groups in total. The Kier molecular flexibility index (Phi) is 6.80. The zero-order valence-corrected chi connectivity index (χ0v) is 11.7. The maximum absolute atomic E-state index is 11.0. The van der Waals surface area contributed by atoms with Crippen LogP contribution in [0.2, 0.25) is 0 Å². The lowest BCUT2D eigenvalue weighted by molar-refractivity contribution is -0.137. The van der Waals surface area contributed by atoms with Crippen molar-refractivity contribution >= 4 is 12.3 Å². The van der Waals surface area contributed by atoms with Gasteiger partial charge < -0.3 is 25.4 Å². The van der Waals surface area contributed by atoms with Gasteiger partial charge in [0.1, 0.15) is 18.1 Å². The number of phenols is 1. The highest BCUT2D eigenvalue weighted by atomic mass is 16.4. The van der Waals surface area contributed by atoms with Gasteiger partial charge in [-0.15, -0.1) is 0 Å². The molecule has 0 aliphatic rings. The lowest BCUT2D eigenvalue weighted by atomic mass is 10.1. The first-order valence-corrected chi connectivity index (χ1v) is 6.55. The molecule has 0 spiro atoms. The highest BCUT2D eigenvalue weighted by Crippen LogP contribution is 2.19. The molecule has 0 heterocycles. The topological polar surface area (TPSA) is 119 Å².